The van der Waals surface area contributed by atoms with Gasteiger partial charge in [-0.1, -0.05) is 13.3 Å². The van der Waals surface area contributed by atoms with Gasteiger partial charge >= 0.3 is 0 Å². The predicted octanol–water partition coefficient (Wildman–Crippen LogP) is 1.52. The summed E-state index contributed by atoms with van der Waals surface area (Å²) in [6, 6.07) is 4.84. The van der Waals surface area contributed by atoms with Crippen molar-refractivity contribution in [1.82, 2.24) is 0 Å². The van der Waals surface area contributed by atoms with Crippen molar-refractivity contribution >= 4 is 21.4 Å². The third-order valence-electron chi connectivity index (χ3n) is 2.44. The third kappa shape index (κ3) is 3.90. The zero-order chi connectivity index (χ0) is 13.1. The Hall–Kier alpha value is -1.27. The first-order valence-corrected chi connectivity index (χ1v) is 7.08. The maximum Gasteiger partial charge on any atom is 0.240 e. The Morgan fingerprint density at radius 3 is 2.59 bits per heavy atom. The second-order valence-electron chi connectivity index (χ2n) is 4.13. The highest BCUT2D eigenvalue weighted by Gasteiger charge is 2.15. The molecule has 0 heterocycles. The van der Waals surface area contributed by atoms with Crippen molar-refractivity contribution in [1.29, 1.82) is 0 Å². The molecule has 0 spiro atoms. The highest BCUT2D eigenvalue weighted by molar-refractivity contribution is 7.89. The number of benzene rings is 1. The summed E-state index contributed by atoms with van der Waals surface area (Å²) >= 11 is 0. The van der Waals surface area contributed by atoms with Crippen LogP contribution in [0.25, 0.3) is 0 Å². The van der Waals surface area contributed by atoms with E-state index in [-0.39, 0.29) is 10.9 Å². The van der Waals surface area contributed by atoms with Crippen LogP contribution in [0.5, 0.6) is 0 Å². The number of primary sulfonamides is 1. The van der Waals surface area contributed by atoms with Gasteiger partial charge in [-0.15, -0.1) is 0 Å². The summed E-state index contributed by atoms with van der Waals surface area (Å²) < 4.78 is 22.9. The molecule has 96 valence electrons. The van der Waals surface area contributed by atoms with Crippen LogP contribution in [-0.2, 0) is 10.0 Å². The van der Waals surface area contributed by atoms with Crippen LogP contribution in [0.2, 0.25) is 0 Å². The number of nitrogens with two attached hydrogens (primary N) is 2. The van der Waals surface area contributed by atoms with Crippen molar-refractivity contribution in [3.05, 3.63) is 18.2 Å². The molecule has 6 heteroatoms. The van der Waals surface area contributed by atoms with Crippen molar-refractivity contribution in [3.8, 4) is 0 Å². The largest absolute Gasteiger partial charge is 0.399 e. The van der Waals surface area contributed by atoms with Crippen molar-refractivity contribution in [3.63, 3.8) is 0 Å². The van der Waals surface area contributed by atoms with Crippen LogP contribution in [0.15, 0.2) is 23.1 Å². The highest BCUT2D eigenvalue weighted by atomic mass is 32.2. The van der Waals surface area contributed by atoms with Gasteiger partial charge in [-0.3, -0.25) is 0 Å². The Morgan fingerprint density at radius 2 is 2.06 bits per heavy atom. The van der Waals surface area contributed by atoms with Crippen LogP contribution in [0.1, 0.15) is 26.7 Å². The molecule has 0 aliphatic rings. The van der Waals surface area contributed by atoms with E-state index in [1.165, 1.54) is 6.07 Å². The maximum absolute atomic E-state index is 11.4. The van der Waals surface area contributed by atoms with E-state index in [4.69, 9.17) is 10.9 Å². The molecule has 0 aromatic heterocycles. The molecule has 0 fully saturated rings. The van der Waals surface area contributed by atoms with Crippen LogP contribution >= 0.6 is 0 Å². The second-order valence-corrected chi connectivity index (χ2v) is 5.66. The molecule has 0 amide bonds. The summed E-state index contributed by atoms with van der Waals surface area (Å²) in [6.45, 7) is 4.06. The van der Waals surface area contributed by atoms with E-state index in [0.29, 0.717) is 11.4 Å². The first kappa shape index (κ1) is 13.8. The SMILES string of the molecule is CCCC(C)Nc1ccc(N)cc1S(N)(=O)=O. The average molecular weight is 257 g/mol. The van der Waals surface area contributed by atoms with Gasteiger partial charge < -0.3 is 11.1 Å². The predicted molar refractivity (Wildman–Crippen MR) is 70.2 cm³/mol. The lowest BCUT2D eigenvalue weighted by molar-refractivity contribution is 0.597. The van der Waals surface area contributed by atoms with Gasteiger partial charge in [-0.05, 0) is 31.5 Å². The second kappa shape index (κ2) is 5.37. The summed E-state index contributed by atoms with van der Waals surface area (Å²) in [4.78, 5) is 0.0421. The van der Waals surface area contributed by atoms with E-state index < -0.39 is 10.0 Å². The zero-order valence-corrected chi connectivity index (χ0v) is 10.9. The summed E-state index contributed by atoms with van der Waals surface area (Å²) in [7, 11) is -3.76. The molecule has 0 radical (unpaired) electrons. The van der Waals surface area contributed by atoms with Crippen LogP contribution in [-0.4, -0.2) is 14.5 Å². The Bertz CT molecular complexity index is 485. The number of sulfonamides is 1. The van der Waals surface area contributed by atoms with E-state index in [9.17, 15) is 8.42 Å². The molecule has 0 bridgehead atoms. The lowest BCUT2D eigenvalue weighted by Crippen LogP contribution is -2.20. The van der Waals surface area contributed by atoms with Gasteiger partial charge in [-0.2, -0.15) is 0 Å². The van der Waals surface area contributed by atoms with Crippen molar-refractivity contribution < 1.29 is 8.42 Å². The number of nitrogens with one attached hydrogen (secondary N) is 1. The van der Waals surface area contributed by atoms with Gasteiger partial charge in [-0.25, -0.2) is 13.6 Å². The highest BCUT2D eigenvalue weighted by Crippen LogP contribution is 2.24. The van der Waals surface area contributed by atoms with Crippen LogP contribution in [0, 0.1) is 0 Å². The van der Waals surface area contributed by atoms with Crippen molar-refractivity contribution in [2.24, 2.45) is 5.14 Å². The molecule has 5 nitrogen and oxygen atoms in total. The quantitative estimate of drug-likeness (QED) is 0.696. The maximum atomic E-state index is 11.4. The standard InChI is InChI=1S/C11H19N3O2S/c1-3-4-8(2)14-10-6-5-9(12)7-11(10)17(13,15)16/h5-8,14H,3-4,12H2,1-2H3,(H2,13,15,16). The minimum Gasteiger partial charge on any atom is -0.399 e. The number of anilines is 2. The van der Waals surface area contributed by atoms with E-state index in [1.54, 1.807) is 12.1 Å². The molecule has 0 saturated carbocycles. The fourth-order valence-electron chi connectivity index (χ4n) is 1.66. The topological polar surface area (TPSA) is 98.2 Å². The smallest absolute Gasteiger partial charge is 0.240 e. The Labute approximate surface area is 102 Å². The van der Waals surface area contributed by atoms with Gasteiger partial charge in [0.1, 0.15) is 4.90 Å². The minimum absolute atomic E-state index is 0.0421. The van der Waals surface area contributed by atoms with E-state index >= 15 is 0 Å². The third-order valence-corrected chi connectivity index (χ3v) is 3.39. The van der Waals surface area contributed by atoms with Crippen molar-refractivity contribution in [2.75, 3.05) is 11.1 Å². The molecule has 1 unspecified atom stereocenters. The average Bonchev–Trinajstić information content (AvgIpc) is 2.19. The van der Waals surface area contributed by atoms with E-state index in [2.05, 4.69) is 12.2 Å². The summed E-state index contributed by atoms with van der Waals surface area (Å²) in [5.74, 6) is 0. The summed E-state index contributed by atoms with van der Waals surface area (Å²) in [5, 5.41) is 8.28. The monoisotopic (exact) mass is 257 g/mol. The molecule has 0 aliphatic carbocycles. The number of hydrogen-bond donors (Lipinski definition) is 3. The van der Waals surface area contributed by atoms with Gasteiger partial charge in [0.2, 0.25) is 10.0 Å². The first-order valence-electron chi connectivity index (χ1n) is 5.53. The van der Waals surface area contributed by atoms with Gasteiger partial charge in [0, 0.05) is 11.7 Å². The lowest BCUT2D eigenvalue weighted by atomic mass is 10.2. The number of nitrogen functional groups attached to an aromatic ring is 1. The Kier molecular flexibility index (Phi) is 4.36. The fourth-order valence-corrected chi connectivity index (χ4v) is 2.40. The van der Waals surface area contributed by atoms with Crippen LogP contribution < -0.4 is 16.2 Å². The lowest BCUT2D eigenvalue weighted by Gasteiger charge is -2.17. The van der Waals surface area contributed by atoms with E-state index in [0.717, 1.165) is 12.8 Å². The van der Waals surface area contributed by atoms with Gasteiger partial charge in [0.15, 0.2) is 0 Å². The van der Waals surface area contributed by atoms with Crippen molar-refractivity contribution in [2.45, 2.75) is 37.6 Å². The summed E-state index contributed by atoms with van der Waals surface area (Å²) in [5.41, 5.74) is 6.45. The molecular formula is C11H19N3O2S. The Morgan fingerprint density at radius 1 is 1.41 bits per heavy atom. The Balaban J connectivity index is 3.07. The normalized spacial score (nSPS) is 13.4. The minimum atomic E-state index is -3.76. The van der Waals surface area contributed by atoms with Crippen LogP contribution in [0.3, 0.4) is 0 Å². The summed E-state index contributed by atoms with van der Waals surface area (Å²) in [6.07, 6.45) is 1.97. The molecule has 5 N–H and O–H groups in total. The molecule has 1 atom stereocenters. The fraction of sp³-hybridized carbons (Fsp3) is 0.455. The molecular weight excluding hydrogens is 238 g/mol. The molecule has 1 aromatic rings. The molecule has 0 saturated heterocycles. The van der Waals surface area contributed by atoms with E-state index in [1.807, 2.05) is 6.92 Å². The molecule has 0 aliphatic heterocycles. The van der Waals surface area contributed by atoms with Gasteiger partial charge in [0.25, 0.3) is 0 Å². The first-order chi connectivity index (χ1) is 7.84. The van der Waals surface area contributed by atoms with Crippen LogP contribution in [0.4, 0.5) is 11.4 Å². The number of hydrogen-bond acceptors (Lipinski definition) is 4. The van der Waals surface area contributed by atoms with Gasteiger partial charge in [0.05, 0.1) is 5.69 Å². The molecule has 1 rings (SSSR count). The molecule has 1 aromatic carbocycles. The number of rotatable bonds is 5. The molecule has 17 heavy (non-hydrogen) atoms. The zero-order valence-electron chi connectivity index (χ0n) is 10.1.